The molecule has 58 heavy (non-hydrogen) atoms. The summed E-state index contributed by atoms with van der Waals surface area (Å²) in [4.78, 5) is 65.5. The summed E-state index contributed by atoms with van der Waals surface area (Å²) in [5.74, 6) is -1.03. The number of amides is 3. The highest BCUT2D eigenvalue weighted by molar-refractivity contribution is 7.14. The van der Waals surface area contributed by atoms with Crippen LogP contribution in [0.2, 0.25) is 5.02 Å². The first-order valence-corrected chi connectivity index (χ1v) is 21.0. The largest absolute Gasteiger partial charge is 0.490 e. The van der Waals surface area contributed by atoms with Crippen molar-refractivity contribution >= 4 is 62.8 Å². The smallest absolute Gasteiger partial charge is 0.408 e. The van der Waals surface area contributed by atoms with Crippen LogP contribution < -0.4 is 25.4 Å². The van der Waals surface area contributed by atoms with Gasteiger partial charge in [0.05, 0.1) is 24.4 Å². The lowest BCUT2D eigenvalue weighted by Gasteiger charge is -2.35. The number of carboxylic acid groups (broad SMARTS) is 1. The van der Waals surface area contributed by atoms with Crippen LogP contribution in [0.15, 0.2) is 36.2 Å². The summed E-state index contributed by atoms with van der Waals surface area (Å²) < 4.78 is 18.1. The summed E-state index contributed by atoms with van der Waals surface area (Å²) in [6, 6.07) is 3.00. The molecule has 2 aromatic heterocycles. The van der Waals surface area contributed by atoms with Gasteiger partial charge in [0, 0.05) is 35.2 Å². The monoisotopic (exact) mass is 838 g/mol. The number of aromatic nitrogens is 2. The number of thiazole rings is 1. The molecular formula is C41H51ClN6O9S. The van der Waals surface area contributed by atoms with E-state index in [9.17, 15) is 29.4 Å². The Morgan fingerprint density at radius 1 is 1.09 bits per heavy atom. The summed E-state index contributed by atoms with van der Waals surface area (Å²) in [6.45, 7) is 12.9. The summed E-state index contributed by atoms with van der Waals surface area (Å²) in [5.41, 5.74) is -1.00. The van der Waals surface area contributed by atoms with Crippen LogP contribution in [0.25, 0.3) is 22.3 Å². The van der Waals surface area contributed by atoms with Gasteiger partial charge < -0.3 is 45.3 Å². The third kappa shape index (κ3) is 8.55. The third-order valence-corrected chi connectivity index (χ3v) is 12.5. The maximum absolute atomic E-state index is 14.7. The number of rotatable bonds is 15. The first-order valence-electron chi connectivity index (χ1n) is 19.7. The number of carboxylic acids is 1. The highest BCUT2D eigenvalue weighted by Crippen LogP contribution is 2.52. The number of aliphatic carboxylic acids is 1. The molecule has 3 aromatic rings. The molecule has 3 aliphatic carbocycles. The standard InChI is InChI=1S/C41H51ClN6O9S/c1-7-23-17-41(23,37(52)53)47-35(50)29-15-25(18-48(29)36(51)34(40(4,5)6)46-39(54)57-24-13-21-12-22(21)14-24)56-31-16-27(28-19-58-38(45-28)43-20(2)3)44-33-26(31)8-9-30(32(33)42)55-11-10-49/h7-9,16,19-25,29,34,49H,1,10-15,17-18H2,2-6H3,(H,43,45)(H,46,54)(H,47,50)(H,52,53)/t21-,22+,23-,24?,25-,29+,34-,41-/m1/s1. The van der Waals surface area contributed by atoms with E-state index in [0.717, 1.165) is 19.3 Å². The predicted octanol–water partition coefficient (Wildman–Crippen LogP) is 5.64. The maximum atomic E-state index is 14.7. The topological polar surface area (TPSA) is 202 Å². The van der Waals surface area contributed by atoms with Crippen molar-refractivity contribution in [3.63, 3.8) is 0 Å². The second-order valence-electron chi connectivity index (χ2n) is 17.2. The Hall–Kier alpha value is -4.67. The Labute approximate surface area is 345 Å². The lowest BCUT2D eigenvalue weighted by Crippen LogP contribution is -2.59. The van der Waals surface area contributed by atoms with E-state index in [1.54, 1.807) is 18.2 Å². The molecule has 17 heteroatoms. The fourth-order valence-electron chi connectivity index (χ4n) is 8.16. The zero-order chi connectivity index (χ0) is 41.7. The zero-order valence-corrected chi connectivity index (χ0v) is 34.8. The van der Waals surface area contributed by atoms with E-state index in [0.29, 0.717) is 50.8 Å². The van der Waals surface area contributed by atoms with Crippen LogP contribution in [0, 0.1) is 23.2 Å². The molecule has 8 atom stereocenters. The molecule has 1 aliphatic heterocycles. The number of aliphatic hydroxyl groups excluding tert-OH is 1. The van der Waals surface area contributed by atoms with Crippen molar-refractivity contribution in [3.05, 3.63) is 41.3 Å². The van der Waals surface area contributed by atoms with Gasteiger partial charge in [-0.1, -0.05) is 38.4 Å². The number of nitrogens with zero attached hydrogens (tertiary/aromatic N) is 3. The average Bonchev–Trinajstić information content (AvgIpc) is 3.83. The lowest BCUT2D eigenvalue weighted by atomic mass is 9.85. The van der Waals surface area contributed by atoms with Crippen molar-refractivity contribution in [2.75, 3.05) is 25.1 Å². The number of ether oxygens (including phenoxy) is 3. The lowest BCUT2D eigenvalue weighted by molar-refractivity contribution is -0.146. The van der Waals surface area contributed by atoms with Crippen molar-refractivity contribution in [2.45, 2.75) is 103 Å². The molecule has 5 N–H and O–H groups in total. The molecular weight excluding hydrogens is 788 g/mol. The minimum atomic E-state index is -1.54. The van der Waals surface area contributed by atoms with Crippen LogP contribution in [-0.2, 0) is 19.1 Å². The number of pyridine rings is 1. The van der Waals surface area contributed by atoms with Crippen LogP contribution in [0.1, 0.15) is 66.7 Å². The van der Waals surface area contributed by atoms with Gasteiger partial charge >= 0.3 is 12.1 Å². The van der Waals surface area contributed by atoms with E-state index < -0.39 is 58.9 Å². The van der Waals surface area contributed by atoms with Gasteiger partial charge in [-0.2, -0.15) is 0 Å². The molecule has 4 fully saturated rings. The molecule has 7 rings (SSSR count). The van der Waals surface area contributed by atoms with Gasteiger partial charge in [-0.15, -0.1) is 17.9 Å². The Morgan fingerprint density at radius 2 is 1.83 bits per heavy atom. The van der Waals surface area contributed by atoms with Gasteiger partial charge in [-0.25, -0.2) is 19.6 Å². The molecule has 1 saturated heterocycles. The molecule has 3 saturated carbocycles. The number of anilines is 1. The van der Waals surface area contributed by atoms with Crippen LogP contribution in [0.5, 0.6) is 11.5 Å². The third-order valence-electron chi connectivity index (χ3n) is 11.4. The van der Waals surface area contributed by atoms with Crippen molar-refractivity contribution < 1.29 is 43.6 Å². The molecule has 3 amide bonds. The van der Waals surface area contributed by atoms with Gasteiger partial charge in [0.25, 0.3) is 0 Å². The molecule has 0 spiro atoms. The van der Waals surface area contributed by atoms with Crippen molar-refractivity contribution in [1.82, 2.24) is 25.5 Å². The summed E-state index contributed by atoms with van der Waals surface area (Å²) in [7, 11) is 0. The molecule has 1 aromatic carbocycles. The first-order chi connectivity index (χ1) is 27.5. The molecule has 15 nitrogen and oxygen atoms in total. The normalized spacial score (nSPS) is 26.4. The van der Waals surface area contributed by atoms with Crippen molar-refractivity contribution in [1.29, 1.82) is 0 Å². The second kappa shape index (κ2) is 16.2. The zero-order valence-electron chi connectivity index (χ0n) is 33.2. The number of alkyl carbamates (subject to hydrolysis) is 1. The molecule has 0 radical (unpaired) electrons. The number of likely N-dealkylation sites (tertiary alicyclic amines) is 1. The highest BCUT2D eigenvalue weighted by Gasteiger charge is 2.61. The first kappa shape index (κ1) is 41.5. The molecule has 1 unspecified atom stereocenters. The number of carbonyl (C=O) groups excluding carboxylic acids is 3. The number of halogens is 1. The van der Waals surface area contributed by atoms with E-state index in [1.165, 1.54) is 22.3 Å². The Balaban J connectivity index is 1.21. The number of benzene rings is 1. The highest BCUT2D eigenvalue weighted by atomic mass is 35.5. The number of carbonyl (C=O) groups is 4. The minimum absolute atomic E-state index is 0.00191. The molecule has 4 aliphatic rings. The van der Waals surface area contributed by atoms with Gasteiger partial charge in [-0.05, 0) is 68.9 Å². The Kier molecular flexibility index (Phi) is 11.6. The Bertz CT molecular complexity index is 2100. The van der Waals surface area contributed by atoms with E-state index in [-0.39, 0.29) is 49.8 Å². The summed E-state index contributed by atoms with van der Waals surface area (Å²) in [5, 5.41) is 31.6. The number of fused-ring (bicyclic) bond motifs is 2. The van der Waals surface area contributed by atoms with E-state index >= 15 is 0 Å². The molecule has 0 bridgehead atoms. The number of aliphatic hydroxyl groups is 1. The molecule has 3 heterocycles. The second-order valence-corrected chi connectivity index (χ2v) is 18.4. The van der Waals surface area contributed by atoms with E-state index in [1.807, 2.05) is 40.0 Å². The summed E-state index contributed by atoms with van der Waals surface area (Å²) in [6.07, 6.45) is 2.76. The quantitative estimate of drug-likeness (QED) is 0.118. The van der Waals surface area contributed by atoms with Crippen molar-refractivity contribution in [3.8, 4) is 22.9 Å². The average molecular weight is 839 g/mol. The van der Waals surface area contributed by atoms with Crippen LogP contribution in [-0.4, -0.2) is 105 Å². The Morgan fingerprint density at radius 3 is 2.47 bits per heavy atom. The van der Waals surface area contributed by atoms with E-state index in [4.69, 9.17) is 35.8 Å². The van der Waals surface area contributed by atoms with Gasteiger partial charge in [0.15, 0.2) is 5.13 Å². The SMILES string of the molecule is C=C[C@@H]1C[C@]1(NC(=O)[C@@H]1C[C@@H](Oc2cc(-c3csc(NC(C)C)n3)nc3c(Cl)c(OCCO)ccc23)CN1C(=O)[C@@H](NC(=O)OC1C[C@@H]2C[C@@H]2C1)C(C)(C)C)C(=O)O. The van der Waals surface area contributed by atoms with Crippen LogP contribution in [0.4, 0.5) is 9.93 Å². The van der Waals surface area contributed by atoms with Crippen LogP contribution >= 0.6 is 22.9 Å². The predicted molar refractivity (Wildman–Crippen MR) is 218 cm³/mol. The van der Waals surface area contributed by atoms with Gasteiger partial charge in [0.1, 0.15) is 58.7 Å². The minimum Gasteiger partial charge on any atom is -0.490 e. The fraction of sp³-hybridized carbons (Fsp3) is 0.561. The fourth-order valence-corrected chi connectivity index (χ4v) is 9.27. The van der Waals surface area contributed by atoms with Gasteiger partial charge in [0.2, 0.25) is 11.8 Å². The van der Waals surface area contributed by atoms with E-state index in [2.05, 4.69) is 22.5 Å². The molecule has 312 valence electrons. The number of nitrogens with one attached hydrogen (secondary N) is 3. The maximum Gasteiger partial charge on any atom is 0.408 e. The van der Waals surface area contributed by atoms with Gasteiger partial charge in [-0.3, -0.25) is 9.59 Å². The number of hydrogen-bond donors (Lipinski definition) is 5. The summed E-state index contributed by atoms with van der Waals surface area (Å²) >= 11 is 8.28. The number of hydrogen-bond acceptors (Lipinski definition) is 12. The van der Waals surface area contributed by atoms with Crippen molar-refractivity contribution in [2.24, 2.45) is 23.2 Å². The van der Waals surface area contributed by atoms with Crippen LogP contribution in [0.3, 0.4) is 0 Å².